The largest absolute Gasteiger partial charge is 0.497 e. The van der Waals surface area contributed by atoms with E-state index in [1.165, 1.54) is 17.0 Å². The monoisotopic (exact) mass is 425 g/mol. The molecule has 26 heavy (non-hydrogen) atoms. The first-order valence-electron chi connectivity index (χ1n) is 8.14. The topological polar surface area (TPSA) is 38.8 Å². The van der Waals surface area contributed by atoms with E-state index in [2.05, 4.69) is 15.9 Å². The lowest BCUT2D eigenvalue weighted by molar-refractivity contribution is -0.132. The van der Waals surface area contributed by atoms with Gasteiger partial charge in [-0.1, -0.05) is 28.1 Å². The predicted octanol–water partition coefficient (Wildman–Crippen LogP) is 4.10. The molecule has 3 rings (SSSR count). The highest BCUT2D eigenvalue weighted by molar-refractivity contribution is 9.10. The minimum Gasteiger partial charge on any atom is -0.497 e. The van der Waals surface area contributed by atoms with Crippen molar-refractivity contribution in [1.29, 1.82) is 0 Å². The van der Waals surface area contributed by atoms with Gasteiger partial charge in [-0.25, -0.2) is 8.78 Å². The molecule has 0 bridgehead atoms. The lowest BCUT2D eigenvalue weighted by Gasteiger charge is -2.33. The zero-order chi connectivity index (χ0) is 18.7. The number of carbonyl (C=O) groups is 1. The van der Waals surface area contributed by atoms with E-state index in [-0.39, 0.29) is 37.6 Å². The number of piperidine rings is 1. The van der Waals surface area contributed by atoms with Crippen molar-refractivity contribution in [2.45, 2.75) is 19.1 Å². The Morgan fingerprint density at radius 3 is 2.46 bits per heavy atom. The number of Topliss-reactive ketones (excluding diaryl/α,β-unsaturated/α-hetero) is 1. The molecule has 1 heterocycles. The Labute approximate surface area is 158 Å². The summed E-state index contributed by atoms with van der Waals surface area (Å²) in [6.45, 7) is 0.612. The van der Waals surface area contributed by atoms with Crippen molar-refractivity contribution in [3.8, 4) is 5.75 Å². The van der Waals surface area contributed by atoms with Crippen molar-refractivity contribution in [3.63, 3.8) is 0 Å². The molecule has 0 radical (unpaired) electrons. The maximum atomic E-state index is 14.2. The van der Waals surface area contributed by atoms with Gasteiger partial charge in [-0.15, -0.1) is 0 Å². The molecule has 0 N–H and O–H groups in total. The van der Waals surface area contributed by atoms with Crippen LogP contribution in [-0.4, -0.2) is 32.1 Å². The number of hydrogen-bond acceptors (Lipinski definition) is 4. The third kappa shape index (κ3) is 4.22. The molecule has 2 aromatic carbocycles. The quantitative estimate of drug-likeness (QED) is 0.722. The molecular weight excluding hydrogens is 408 g/mol. The molecule has 0 amide bonds. The van der Waals surface area contributed by atoms with E-state index in [1.54, 1.807) is 19.2 Å². The second-order valence-corrected chi connectivity index (χ2v) is 6.94. The molecule has 1 atom stereocenters. The maximum Gasteiger partial charge on any atom is 0.165 e. The van der Waals surface area contributed by atoms with Crippen LogP contribution >= 0.6 is 15.9 Å². The summed E-state index contributed by atoms with van der Waals surface area (Å²) in [7, 11) is 1.58. The van der Waals surface area contributed by atoms with Crippen molar-refractivity contribution >= 4 is 27.4 Å². The second kappa shape index (κ2) is 8.14. The molecule has 0 aromatic heterocycles. The zero-order valence-electron chi connectivity index (χ0n) is 14.2. The van der Waals surface area contributed by atoms with Gasteiger partial charge in [0, 0.05) is 17.4 Å². The maximum absolute atomic E-state index is 14.2. The number of methoxy groups -OCH3 is 1. The van der Waals surface area contributed by atoms with Gasteiger partial charge < -0.3 is 14.4 Å². The van der Waals surface area contributed by atoms with E-state index in [0.717, 1.165) is 11.3 Å². The Hall–Kier alpha value is -1.99. The third-order valence-electron chi connectivity index (χ3n) is 4.28. The van der Waals surface area contributed by atoms with Gasteiger partial charge in [-0.2, -0.15) is 0 Å². The highest BCUT2D eigenvalue weighted by Gasteiger charge is 2.30. The molecule has 1 aliphatic heterocycles. The summed E-state index contributed by atoms with van der Waals surface area (Å²) < 4.78 is 39.5. The smallest absolute Gasteiger partial charge is 0.165 e. The number of nitrogens with zero attached hydrogens (tertiary/aromatic N) is 1. The highest BCUT2D eigenvalue weighted by atomic mass is 79.9. The van der Waals surface area contributed by atoms with Gasteiger partial charge in [0.15, 0.2) is 17.4 Å². The number of rotatable bonds is 5. The van der Waals surface area contributed by atoms with Crippen LogP contribution in [0.4, 0.5) is 14.5 Å². The minimum atomic E-state index is -0.728. The molecule has 1 fully saturated rings. The summed E-state index contributed by atoms with van der Waals surface area (Å²) in [5.74, 6) is -0.664. The van der Waals surface area contributed by atoms with Crippen LogP contribution in [0.3, 0.4) is 0 Å². The van der Waals surface area contributed by atoms with Crippen LogP contribution in [0.2, 0.25) is 0 Å². The van der Waals surface area contributed by atoms with E-state index < -0.39 is 17.7 Å². The third-order valence-corrected chi connectivity index (χ3v) is 4.74. The Morgan fingerprint density at radius 1 is 1.19 bits per heavy atom. The van der Waals surface area contributed by atoms with Gasteiger partial charge in [0.05, 0.1) is 20.3 Å². The summed E-state index contributed by atoms with van der Waals surface area (Å²) in [4.78, 5) is 13.7. The summed E-state index contributed by atoms with van der Waals surface area (Å²) in [5.41, 5.74) is 0.760. The summed E-state index contributed by atoms with van der Waals surface area (Å²) in [5, 5.41) is 0. The highest BCUT2D eigenvalue weighted by Crippen LogP contribution is 2.29. The molecule has 1 aliphatic rings. The fourth-order valence-electron chi connectivity index (χ4n) is 2.90. The zero-order valence-corrected chi connectivity index (χ0v) is 15.8. The first-order chi connectivity index (χ1) is 12.5. The average Bonchev–Trinajstić information content (AvgIpc) is 2.61. The standard InChI is InChI=1S/C19H18BrF2NO3/c1-25-14-4-2-12(3-5-14)11-26-18-10-23(7-6-17(18)24)19-15(21)8-13(20)9-16(19)22/h2-5,8-9,18H,6-7,10-11H2,1H3. The molecule has 1 saturated heterocycles. The summed E-state index contributed by atoms with van der Waals surface area (Å²) in [6.07, 6.45) is -0.546. The van der Waals surface area contributed by atoms with E-state index in [0.29, 0.717) is 4.47 Å². The number of anilines is 1. The molecule has 7 heteroatoms. The Kier molecular flexibility index (Phi) is 5.88. The molecular formula is C19H18BrF2NO3. The van der Waals surface area contributed by atoms with E-state index in [9.17, 15) is 13.6 Å². The van der Waals surface area contributed by atoms with Crippen LogP contribution in [-0.2, 0) is 16.1 Å². The average molecular weight is 426 g/mol. The molecule has 1 unspecified atom stereocenters. The molecule has 0 saturated carbocycles. The van der Waals surface area contributed by atoms with E-state index in [1.807, 2.05) is 12.1 Å². The van der Waals surface area contributed by atoms with Gasteiger partial charge in [0.1, 0.15) is 17.5 Å². The van der Waals surface area contributed by atoms with Gasteiger partial charge in [-0.05, 0) is 29.8 Å². The van der Waals surface area contributed by atoms with Crippen LogP contribution in [0.1, 0.15) is 12.0 Å². The summed E-state index contributed by atoms with van der Waals surface area (Å²) >= 11 is 3.07. The number of benzene rings is 2. The van der Waals surface area contributed by atoms with Crippen LogP contribution in [0.5, 0.6) is 5.75 Å². The van der Waals surface area contributed by atoms with Crippen molar-refractivity contribution in [1.82, 2.24) is 0 Å². The van der Waals surface area contributed by atoms with E-state index in [4.69, 9.17) is 9.47 Å². The second-order valence-electron chi connectivity index (χ2n) is 6.03. The van der Waals surface area contributed by atoms with Gasteiger partial charge in [-0.3, -0.25) is 4.79 Å². The van der Waals surface area contributed by atoms with Crippen LogP contribution in [0.25, 0.3) is 0 Å². The van der Waals surface area contributed by atoms with E-state index >= 15 is 0 Å². The van der Waals surface area contributed by atoms with Gasteiger partial charge in [0.25, 0.3) is 0 Å². The fraction of sp³-hybridized carbons (Fsp3) is 0.316. The Balaban J connectivity index is 1.69. The van der Waals surface area contributed by atoms with Crippen LogP contribution in [0, 0.1) is 11.6 Å². The molecule has 4 nitrogen and oxygen atoms in total. The predicted molar refractivity (Wildman–Crippen MR) is 97.5 cm³/mol. The van der Waals surface area contributed by atoms with Crippen LogP contribution < -0.4 is 9.64 Å². The SMILES string of the molecule is COc1ccc(COC2CN(c3c(F)cc(Br)cc3F)CCC2=O)cc1. The van der Waals surface area contributed by atoms with Crippen molar-refractivity contribution < 1.29 is 23.0 Å². The normalized spacial score (nSPS) is 17.5. The van der Waals surface area contributed by atoms with Crippen LogP contribution in [0.15, 0.2) is 40.9 Å². The lowest BCUT2D eigenvalue weighted by Crippen LogP contribution is -2.46. The fourth-order valence-corrected chi connectivity index (χ4v) is 3.31. The number of halogens is 3. The number of ketones is 1. The molecule has 2 aromatic rings. The Morgan fingerprint density at radius 2 is 1.85 bits per heavy atom. The first-order valence-corrected chi connectivity index (χ1v) is 8.94. The number of hydrogen-bond donors (Lipinski definition) is 0. The first kappa shape index (κ1) is 18.8. The van der Waals surface area contributed by atoms with Gasteiger partial charge in [0.2, 0.25) is 0 Å². The van der Waals surface area contributed by atoms with Crippen molar-refractivity contribution in [2.75, 3.05) is 25.1 Å². The molecule has 138 valence electrons. The van der Waals surface area contributed by atoms with Gasteiger partial charge >= 0.3 is 0 Å². The van der Waals surface area contributed by atoms with Crippen molar-refractivity contribution in [3.05, 3.63) is 58.1 Å². The number of carbonyl (C=O) groups excluding carboxylic acids is 1. The lowest BCUT2D eigenvalue weighted by atomic mass is 10.1. The van der Waals surface area contributed by atoms with Crippen molar-refractivity contribution in [2.24, 2.45) is 0 Å². The number of ether oxygens (including phenoxy) is 2. The minimum absolute atomic E-state index is 0.0623. The Bertz CT molecular complexity index is 775. The molecule has 0 aliphatic carbocycles. The molecule has 0 spiro atoms. The summed E-state index contributed by atoms with van der Waals surface area (Å²) in [6, 6.07) is 9.72.